The first kappa shape index (κ1) is 11.1. The highest BCUT2D eigenvalue weighted by Gasteiger charge is 2.21. The first-order valence-electron chi connectivity index (χ1n) is 4.29. The number of benzene rings is 1. The van der Waals surface area contributed by atoms with E-state index in [0.717, 1.165) is 0 Å². The van der Waals surface area contributed by atoms with Crippen molar-refractivity contribution in [2.45, 2.75) is 18.9 Å². The molecule has 0 fully saturated rings. The van der Waals surface area contributed by atoms with E-state index in [9.17, 15) is 8.78 Å². The highest BCUT2D eigenvalue weighted by Crippen LogP contribution is 2.17. The molecule has 0 aromatic heterocycles. The maximum absolute atomic E-state index is 13.1. The van der Waals surface area contributed by atoms with E-state index in [0.29, 0.717) is 0 Å². The lowest BCUT2D eigenvalue weighted by molar-refractivity contribution is 0.206. The molecule has 0 amide bonds. The second-order valence-corrected chi connectivity index (χ2v) is 3.69. The maximum atomic E-state index is 13.1. The van der Waals surface area contributed by atoms with E-state index in [1.54, 1.807) is 6.92 Å². The maximum Gasteiger partial charge on any atom is 0.129 e. The normalized spacial score (nSPS) is 15.2. The molecule has 1 atom stereocenters. The van der Waals surface area contributed by atoms with Crippen LogP contribution in [0, 0.1) is 11.6 Å². The fourth-order valence-electron chi connectivity index (χ4n) is 1.16. The van der Waals surface area contributed by atoms with Gasteiger partial charge >= 0.3 is 0 Å². The van der Waals surface area contributed by atoms with Crippen LogP contribution in [0.3, 0.4) is 0 Å². The van der Waals surface area contributed by atoms with Crippen molar-refractivity contribution in [1.29, 1.82) is 0 Å². The molecule has 78 valence electrons. The average Bonchev–Trinajstić information content (AvgIpc) is 2.12. The lowest BCUT2D eigenvalue weighted by Gasteiger charge is -2.22. The summed E-state index contributed by atoms with van der Waals surface area (Å²) in [4.78, 5) is 0. The third kappa shape index (κ3) is 2.49. The van der Waals surface area contributed by atoms with Crippen molar-refractivity contribution in [2.75, 3.05) is 6.61 Å². The van der Waals surface area contributed by atoms with Gasteiger partial charge in [-0.1, -0.05) is 6.07 Å². The SMILES string of the molecule is CC(N)(CO)Cc1c(F)cccc1F. The summed E-state index contributed by atoms with van der Waals surface area (Å²) in [5, 5.41) is 8.87. The highest BCUT2D eigenvalue weighted by molar-refractivity contribution is 5.21. The van der Waals surface area contributed by atoms with Crippen LogP contribution < -0.4 is 5.73 Å². The highest BCUT2D eigenvalue weighted by atomic mass is 19.1. The van der Waals surface area contributed by atoms with E-state index in [4.69, 9.17) is 10.8 Å². The van der Waals surface area contributed by atoms with Crippen LogP contribution in [0.1, 0.15) is 12.5 Å². The Kier molecular flexibility index (Phi) is 3.18. The van der Waals surface area contributed by atoms with Gasteiger partial charge < -0.3 is 10.8 Å². The number of hydrogen-bond acceptors (Lipinski definition) is 2. The van der Waals surface area contributed by atoms with Crippen molar-refractivity contribution < 1.29 is 13.9 Å². The fourth-order valence-corrected chi connectivity index (χ4v) is 1.16. The first-order chi connectivity index (χ1) is 6.46. The van der Waals surface area contributed by atoms with Crippen LogP contribution in [0.25, 0.3) is 0 Å². The average molecular weight is 201 g/mol. The summed E-state index contributed by atoms with van der Waals surface area (Å²) in [6.07, 6.45) is -0.0258. The molecule has 3 N–H and O–H groups in total. The van der Waals surface area contributed by atoms with Crippen LogP contribution >= 0.6 is 0 Å². The molecule has 0 saturated heterocycles. The second kappa shape index (κ2) is 4.02. The van der Waals surface area contributed by atoms with Crippen molar-refractivity contribution in [2.24, 2.45) is 5.73 Å². The molecule has 0 radical (unpaired) electrons. The summed E-state index contributed by atoms with van der Waals surface area (Å²) in [5.74, 6) is -1.26. The van der Waals surface area contributed by atoms with Crippen LogP contribution in [0.5, 0.6) is 0 Å². The van der Waals surface area contributed by atoms with Gasteiger partial charge in [0.25, 0.3) is 0 Å². The van der Waals surface area contributed by atoms with Crippen LogP contribution in [0.2, 0.25) is 0 Å². The topological polar surface area (TPSA) is 46.2 Å². The summed E-state index contributed by atoms with van der Waals surface area (Å²) >= 11 is 0. The van der Waals surface area contributed by atoms with Gasteiger partial charge in [-0.2, -0.15) is 0 Å². The smallest absolute Gasteiger partial charge is 0.129 e. The monoisotopic (exact) mass is 201 g/mol. The molecule has 0 bridgehead atoms. The minimum absolute atomic E-state index is 0.0258. The Morgan fingerprint density at radius 3 is 2.29 bits per heavy atom. The van der Waals surface area contributed by atoms with E-state index >= 15 is 0 Å². The van der Waals surface area contributed by atoms with Gasteiger partial charge in [0, 0.05) is 11.1 Å². The minimum Gasteiger partial charge on any atom is -0.394 e. The zero-order valence-electron chi connectivity index (χ0n) is 7.93. The Balaban J connectivity index is 2.97. The van der Waals surface area contributed by atoms with Gasteiger partial charge in [0.15, 0.2) is 0 Å². The Bertz CT molecular complexity index is 306. The van der Waals surface area contributed by atoms with E-state index in [1.807, 2.05) is 0 Å². The van der Waals surface area contributed by atoms with Gasteiger partial charge in [-0.25, -0.2) is 8.78 Å². The van der Waals surface area contributed by atoms with Crippen molar-refractivity contribution in [3.8, 4) is 0 Å². The molecule has 1 aromatic carbocycles. The third-order valence-electron chi connectivity index (χ3n) is 2.00. The van der Waals surface area contributed by atoms with E-state index < -0.39 is 17.2 Å². The molecule has 0 heterocycles. The predicted octanol–water partition coefficient (Wildman–Crippen LogP) is 1.22. The Hall–Kier alpha value is -1.00. The van der Waals surface area contributed by atoms with Crippen molar-refractivity contribution in [3.05, 3.63) is 35.4 Å². The van der Waals surface area contributed by atoms with Gasteiger partial charge in [0.1, 0.15) is 11.6 Å². The van der Waals surface area contributed by atoms with Crippen LogP contribution in [0.4, 0.5) is 8.78 Å². The molecule has 1 aromatic rings. The number of hydrogen-bond donors (Lipinski definition) is 2. The Labute approximate surface area is 81.4 Å². The summed E-state index contributed by atoms with van der Waals surface area (Å²) in [5.41, 5.74) is 4.53. The first-order valence-corrected chi connectivity index (χ1v) is 4.29. The van der Waals surface area contributed by atoms with Crippen LogP contribution in [-0.2, 0) is 6.42 Å². The lowest BCUT2D eigenvalue weighted by atomic mass is 9.94. The van der Waals surface area contributed by atoms with Crippen molar-refractivity contribution in [1.82, 2.24) is 0 Å². The molecule has 2 nitrogen and oxygen atoms in total. The fraction of sp³-hybridized carbons (Fsp3) is 0.400. The molecule has 0 aliphatic carbocycles. The van der Waals surface area contributed by atoms with Crippen LogP contribution in [-0.4, -0.2) is 17.3 Å². The van der Waals surface area contributed by atoms with E-state index in [2.05, 4.69) is 0 Å². The molecular formula is C10H13F2NO. The molecule has 0 saturated carbocycles. The quantitative estimate of drug-likeness (QED) is 0.772. The molecule has 14 heavy (non-hydrogen) atoms. The van der Waals surface area contributed by atoms with Gasteiger partial charge in [-0.3, -0.25) is 0 Å². The largest absolute Gasteiger partial charge is 0.394 e. The zero-order valence-corrected chi connectivity index (χ0v) is 7.93. The molecule has 0 aliphatic rings. The molecule has 1 unspecified atom stereocenters. The molecule has 1 rings (SSSR count). The molecule has 4 heteroatoms. The second-order valence-electron chi connectivity index (χ2n) is 3.69. The minimum atomic E-state index is -0.997. The summed E-state index contributed by atoms with van der Waals surface area (Å²) in [6.45, 7) is 1.22. The summed E-state index contributed by atoms with van der Waals surface area (Å²) in [7, 11) is 0. The number of rotatable bonds is 3. The zero-order chi connectivity index (χ0) is 10.8. The van der Waals surface area contributed by atoms with Gasteiger partial charge in [0.05, 0.1) is 6.61 Å². The standard InChI is InChI=1S/C10H13F2NO/c1-10(13,6-14)5-7-8(11)3-2-4-9(7)12/h2-4,14H,5-6,13H2,1H3. The van der Waals surface area contributed by atoms with Crippen molar-refractivity contribution in [3.63, 3.8) is 0 Å². The van der Waals surface area contributed by atoms with Gasteiger partial charge in [0.2, 0.25) is 0 Å². The number of aliphatic hydroxyl groups is 1. The number of nitrogens with two attached hydrogens (primary N) is 1. The lowest BCUT2D eigenvalue weighted by Crippen LogP contribution is -2.42. The van der Waals surface area contributed by atoms with Crippen molar-refractivity contribution >= 4 is 0 Å². The van der Waals surface area contributed by atoms with Gasteiger partial charge in [-0.05, 0) is 25.5 Å². The van der Waals surface area contributed by atoms with E-state index in [-0.39, 0.29) is 18.6 Å². The molecule has 0 aliphatic heterocycles. The Morgan fingerprint density at radius 1 is 1.36 bits per heavy atom. The molecule has 0 spiro atoms. The summed E-state index contributed by atoms with van der Waals surface area (Å²) in [6, 6.07) is 3.64. The van der Waals surface area contributed by atoms with E-state index in [1.165, 1.54) is 18.2 Å². The number of halogens is 2. The molecular weight excluding hydrogens is 188 g/mol. The predicted molar refractivity (Wildman–Crippen MR) is 49.7 cm³/mol. The number of aliphatic hydroxyl groups excluding tert-OH is 1. The van der Waals surface area contributed by atoms with Crippen LogP contribution in [0.15, 0.2) is 18.2 Å². The summed E-state index contributed by atoms with van der Waals surface area (Å²) < 4.78 is 26.3. The third-order valence-corrected chi connectivity index (χ3v) is 2.00. The van der Waals surface area contributed by atoms with Gasteiger partial charge in [-0.15, -0.1) is 0 Å². The Morgan fingerprint density at radius 2 is 1.86 bits per heavy atom.